The van der Waals surface area contributed by atoms with Crippen molar-refractivity contribution < 1.29 is 9.90 Å². The van der Waals surface area contributed by atoms with Crippen molar-refractivity contribution in [1.82, 2.24) is 0 Å². The van der Waals surface area contributed by atoms with Crippen LogP contribution in [0.1, 0.15) is 15.9 Å². The molecule has 4 rings (SSSR count). The molecule has 4 heteroatoms. The molecular formula is C22H18O3S. The van der Waals surface area contributed by atoms with Crippen LogP contribution < -0.4 is 5.43 Å². The molecule has 4 aromatic rings. The van der Waals surface area contributed by atoms with E-state index in [1.165, 1.54) is 0 Å². The Balaban J connectivity index is 0.000000170. The highest BCUT2D eigenvalue weighted by Crippen LogP contribution is 2.25. The first-order chi connectivity index (χ1) is 12.6. The number of hydrogen-bond acceptors (Lipinski definition) is 4. The quantitative estimate of drug-likeness (QED) is 0.419. The second-order valence-electron chi connectivity index (χ2n) is 5.82. The standard InChI is InChI=1S/C14H10OS.C8H8O2/c1-9-5-4-8-12-13(9)14(15)10-6-2-3-7-11(10)16-12;9-6-8(10)7-4-2-1-3-5-7/h2-8H,1H3;1-5,9H,6H2. The van der Waals surface area contributed by atoms with Crippen molar-refractivity contribution >= 4 is 37.3 Å². The van der Waals surface area contributed by atoms with Gasteiger partial charge in [0, 0.05) is 25.7 Å². The first kappa shape index (κ1) is 18.0. The lowest BCUT2D eigenvalue weighted by Gasteiger charge is -2.02. The minimum atomic E-state index is -0.413. The van der Waals surface area contributed by atoms with Crippen LogP contribution in [0.2, 0.25) is 0 Å². The van der Waals surface area contributed by atoms with Gasteiger partial charge in [0.1, 0.15) is 6.61 Å². The first-order valence-corrected chi connectivity index (χ1v) is 9.03. The Morgan fingerprint density at radius 2 is 1.54 bits per heavy atom. The lowest BCUT2D eigenvalue weighted by molar-refractivity contribution is 0.0904. The van der Waals surface area contributed by atoms with E-state index in [4.69, 9.17) is 5.11 Å². The fraction of sp³-hybridized carbons (Fsp3) is 0.0909. The van der Waals surface area contributed by atoms with E-state index in [1.807, 2.05) is 55.5 Å². The summed E-state index contributed by atoms with van der Waals surface area (Å²) >= 11 is 1.68. The molecule has 1 N–H and O–H groups in total. The van der Waals surface area contributed by atoms with Gasteiger partial charge in [0.25, 0.3) is 0 Å². The number of ketones is 1. The van der Waals surface area contributed by atoms with Gasteiger partial charge in [0.2, 0.25) is 0 Å². The second-order valence-corrected chi connectivity index (χ2v) is 6.91. The van der Waals surface area contributed by atoms with Crippen LogP contribution in [0.25, 0.3) is 20.2 Å². The average molecular weight is 362 g/mol. The predicted octanol–water partition coefficient (Wildman–Crippen LogP) is 4.58. The predicted molar refractivity (Wildman–Crippen MR) is 108 cm³/mol. The van der Waals surface area contributed by atoms with Crippen LogP contribution in [0, 0.1) is 6.92 Å². The number of carbonyl (C=O) groups is 1. The van der Waals surface area contributed by atoms with Crippen LogP contribution in [-0.2, 0) is 0 Å². The van der Waals surface area contributed by atoms with Crippen molar-refractivity contribution in [3.05, 3.63) is 94.1 Å². The van der Waals surface area contributed by atoms with E-state index in [9.17, 15) is 9.59 Å². The van der Waals surface area contributed by atoms with Crippen LogP contribution in [0.5, 0.6) is 0 Å². The maximum Gasteiger partial charge on any atom is 0.196 e. The van der Waals surface area contributed by atoms with Gasteiger partial charge in [-0.05, 0) is 30.7 Å². The van der Waals surface area contributed by atoms with Gasteiger partial charge in [0.15, 0.2) is 11.2 Å². The Morgan fingerprint density at radius 3 is 2.27 bits per heavy atom. The number of aryl methyl sites for hydroxylation is 1. The number of carbonyl (C=O) groups excluding carboxylic acids is 1. The smallest absolute Gasteiger partial charge is 0.196 e. The van der Waals surface area contributed by atoms with E-state index in [1.54, 1.807) is 35.6 Å². The normalized spacial score (nSPS) is 10.4. The second kappa shape index (κ2) is 8.04. The molecule has 0 radical (unpaired) electrons. The summed E-state index contributed by atoms with van der Waals surface area (Å²) in [4.78, 5) is 23.1. The topological polar surface area (TPSA) is 54.4 Å². The monoisotopic (exact) mass is 362 g/mol. The summed E-state index contributed by atoms with van der Waals surface area (Å²) in [6.07, 6.45) is 0. The Kier molecular flexibility index (Phi) is 5.56. The van der Waals surface area contributed by atoms with Gasteiger partial charge in [0.05, 0.1) is 0 Å². The molecule has 0 bridgehead atoms. The molecule has 1 aromatic heterocycles. The van der Waals surface area contributed by atoms with Crippen molar-refractivity contribution in [1.29, 1.82) is 0 Å². The fourth-order valence-corrected chi connectivity index (χ4v) is 3.89. The lowest BCUT2D eigenvalue weighted by atomic mass is 10.1. The molecule has 0 atom stereocenters. The molecule has 1 heterocycles. The minimum absolute atomic E-state index is 0.155. The van der Waals surface area contributed by atoms with Crippen LogP contribution in [0.3, 0.4) is 0 Å². The Morgan fingerprint density at radius 1 is 0.885 bits per heavy atom. The Bertz CT molecular complexity index is 1110. The van der Waals surface area contributed by atoms with Crippen molar-refractivity contribution in [3.63, 3.8) is 0 Å². The highest BCUT2D eigenvalue weighted by Gasteiger charge is 2.06. The van der Waals surface area contributed by atoms with Gasteiger partial charge in [-0.1, -0.05) is 54.6 Å². The number of benzene rings is 3. The molecule has 0 fully saturated rings. The van der Waals surface area contributed by atoms with Gasteiger partial charge < -0.3 is 5.11 Å². The molecule has 0 unspecified atom stereocenters. The van der Waals surface area contributed by atoms with E-state index < -0.39 is 6.61 Å². The maximum atomic E-state index is 12.3. The summed E-state index contributed by atoms with van der Waals surface area (Å²) in [5.74, 6) is -0.236. The number of Topliss-reactive ketones (excluding diaryl/α,β-unsaturated/α-hetero) is 1. The van der Waals surface area contributed by atoms with Crippen molar-refractivity contribution in [2.75, 3.05) is 6.61 Å². The van der Waals surface area contributed by atoms with Crippen LogP contribution >= 0.6 is 11.3 Å². The number of hydrogen-bond donors (Lipinski definition) is 1. The Labute approximate surface area is 155 Å². The van der Waals surface area contributed by atoms with Crippen LogP contribution in [0.15, 0.2) is 77.6 Å². The molecule has 3 aromatic carbocycles. The number of aliphatic hydroxyl groups excluding tert-OH is 1. The summed E-state index contributed by atoms with van der Waals surface area (Å²) < 4.78 is 2.13. The van der Waals surface area contributed by atoms with Gasteiger partial charge in [-0.2, -0.15) is 0 Å². The van der Waals surface area contributed by atoms with Crippen LogP contribution in [-0.4, -0.2) is 17.5 Å². The van der Waals surface area contributed by atoms with E-state index in [0.717, 1.165) is 25.7 Å². The number of fused-ring (bicyclic) bond motifs is 2. The summed E-state index contributed by atoms with van der Waals surface area (Å²) in [7, 11) is 0. The zero-order valence-electron chi connectivity index (χ0n) is 14.3. The number of rotatable bonds is 2. The molecular weight excluding hydrogens is 344 g/mol. The van der Waals surface area contributed by atoms with Crippen molar-refractivity contribution in [2.45, 2.75) is 6.92 Å². The van der Waals surface area contributed by atoms with Crippen molar-refractivity contribution in [3.8, 4) is 0 Å². The van der Waals surface area contributed by atoms with Gasteiger partial charge in [-0.25, -0.2) is 0 Å². The lowest BCUT2D eigenvalue weighted by Crippen LogP contribution is -2.02. The third kappa shape index (κ3) is 3.72. The minimum Gasteiger partial charge on any atom is -0.388 e. The summed E-state index contributed by atoms with van der Waals surface area (Å²) in [5.41, 5.74) is 1.77. The Hall–Kier alpha value is -2.82. The molecule has 0 saturated carbocycles. The summed E-state index contributed by atoms with van der Waals surface area (Å²) in [5, 5.41) is 10.1. The van der Waals surface area contributed by atoms with E-state index >= 15 is 0 Å². The molecule has 0 saturated heterocycles. The fourth-order valence-electron chi connectivity index (χ4n) is 2.73. The highest BCUT2D eigenvalue weighted by molar-refractivity contribution is 7.24. The zero-order chi connectivity index (χ0) is 18.5. The molecule has 3 nitrogen and oxygen atoms in total. The third-order valence-corrected chi connectivity index (χ3v) is 5.19. The van der Waals surface area contributed by atoms with E-state index in [-0.39, 0.29) is 11.2 Å². The van der Waals surface area contributed by atoms with Gasteiger partial charge in [-0.3, -0.25) is 9.59 Å². The van der Waals surface area contributed by atoms with Gasteiger partial charge in [-0.15, -0.1) is 11.3 Å². The molecule has 0 spiro atoms. The average Bonchev–Trinajstić information content (AvgIpc) is 2.69. The molecule has 0 aliphatic rings. The maximum absolute atomic E-state index is 12.3. The third-order valence-electron chi connectivity index (χ3n) is 4.05. The summed E-state index contributed by atoms with van der Waals surface area (Å²) in [6, 6.07) is 22.5. The molecule has 0 aliphatic heterocycles. The highest BCUT2D eigenvalue weighted by atomic mass is 32.1. The SMILES string of the molecule is Cc1cccc2sc3ccccc3c(=O)c12.O=C(CO)c1ccccc1. The molecule has 26 heavy (non-hydrogen) atoms. The van der Waals surface area contributed by atoms with E-state index in [0.29, 0.717) is 5.56 Å². The van der Waals surface area contributed by atoms with E-state index in [2.05, 4.69) is 0 Å². The molecule has 0 aliphatic carbocycles. The number of aliphatic hydroxyl groups is 1. The first-order valence-electron chi connectivity index (χ1n) is 8.22. The van der Waals surface area contributed by atoms with Crippen LogP contribution in [0.4, 0.5) is 0 Å². The zero-order valence-corrected chi connectivity index (χ0v) is 15.1. The van der Waals surface area contributed by atoms with Gasteiger partial charge >= 0.3 is 0 Å². The molecule has 130 valence electrons. The van der Waals surface area contributed by atoms with Crippen molar-refractivity contribution in [2.24, 2.45) is 0 Å². The summed E-state index contributed by atoms with van der Waals surface area (Å²) in [6.45, 7) is 1.58. The molecule has 0 amide bonds. The largest absolute Gasteiger partial charge is 0.388 e.